The first-order valence-electron chi connectivity index (χ1n) is 7.04. The molecule has 0 aromatic heterocycles. The Balaban J connectivity index is 2.30. The van der Waals surface area contributed by atoms with Crippen LogP contribution < -0.4 is 4.90 Å². The minimum Gasteiger partial charge on any atom is -0.377 e. The summed E-state index contributed by atoms with van der Waals surface area (Å²) in [5.41, 5.74) is 4.19. The second kappa shape index (κ2) is 5.31. The molecule has 1 aliphatic heterocycles. The molecular weight excluding hydrogens is 220 g/mol. The average molecular weight is 246 g/mol. The van der Waals surface area contributed by atoms with Crippen LogP contribution in [-0.4, -0.2) is 31.6 Å². The third-order valence-corrected chi connectivity index (χ3v) is 4.06. The molecular formula is C16H26N2. The zero-order chi connectivity index (χ0) is 13.3. The van der Waals surface area contributed by atoms with Crippen LogP contribution in [0.2, 0.25) is 0 Å². The Morgan fingerprint density at radius 1 is 1.28 bits per heavy atom. The maximum absolute atomic E-state index is 2.63. The third kappa shape index (κ3) is 2.54. The quantitative estimate of drug-likeness (QED) is 0.804. The molecule has 100 valence electrons. The standard InChI is InChI=1S/C16H26N2/c1-12(2)18-10-6-7-15(18)14-9-8-13(3)16(11-14)17(4)5/h8-9,11-12,15H,6-7,10H2,1-5H3. The predicted octanol–water partition coefficient (Wildman–Crippen LogP) is 3.61. The van der Waals surface area contributed by atoms with Gasteiger partial charge in [0.15, 0.2) is 0 Å². The van der Waals surface area contributed by atoms with Crippen molar-refractivity contribution in [1.29, 1.82) is 0 Å². The predicted molar refractivity (Wildman–Crippen MR) is 79.3 cm³/mol. The molecule has 1 heterocycles. The zero-order valence-electron chi connectivity index (χ0n) is 12.4. The van der Waals surface area contributed by atoms with Crippen molar-refractivity contribution >= 4 is 5.69 Å². The number of aryl methyl sites for hydroxylation is 1. The van der Waals surface area contributed by atoms with E-state index in [1.165, 1.54) is 36.2 Å². The lowest BCUT2D eigenvalue weighted by molar-refractivity contribution is 0.205. The van der Waals surface area contributed by atoms with Crippen LogP contribution in [0.15, 0.2) is 18.2 Å². The molecule has 1 unspecified atom stereocenters. The molecule has 2 nitrogen and oxygen atoms in total. The molecule has 0 bridgehead atoms. The van der Waals surface area contributed by atoms with Gasteiger partial charge in [-0.05, 0) is 57.4 Å². The number of likely N-dealkylation sites (tertiary alicyclic amines) is 1. The van der Waals surface area contributed by atoms with Gasteiger partial charge in [-0.15, -0.1) is 0 Å². The summed E-state index contributed by atoms with van der Waals surface area (Å²) in [7, 11) is 4.25. The number of rotatable bonds is 3. The Morgan fingerprint density at radius 2 is 2.00 bits per heavy atom. The van der Waals surface area contributed by atoms with Crippen LogP contribution in [0.4, 0.5) is 5.69 Å². The van der Waals surface area contributed by atoms with Gasteiger partial charge in [0, 0.05) is 31.9 Å². The van der Waals surface area contributed by atoms with Crippen LogP contribution in [0.25, 0.3) is 0 Å². The molecule has 1 atom stereocenters. The summed E-state index contributed by atoms with van der Waals surface area (Å²) in [6, 6.07) is 8.21. The number of anilines is 1. The van der Waals surface area contributed by atoms with Gasteiger partial charge in [-0.1, -0.05) is 12.1 Å². The van der Waals surface area contributed by atoms with Gasteiger partial charge in [0.25, 0.3) is 0 Å². The highest BCUT2D eigenvalue weighted by Crippen LogP contribution is 2.35. The van der Waals surface area contributed by atoms with Crippen LogP contribution in [0.1, 0.15) is 43.9 Å². The fourth-order valence-corrected chi connectivity index (χ4v) is 3.08. The van der Waals surface area contributed by atoms with Crippen LogP contribution >= 0.6 is 0 Å². The van der Waals surface area contributed by atoms with Crippen LogP contribution in [-0.2, 0) is 0 Å². The highest BCUT2D eigenvalue weighted by molar-refractivity contribution is 5.54. The molecule has 0 spiro atoms. The largest absolute Gasteiger partial charge is 0.377 e. The van der Waals surface area contributed by atoms with Gasteiger partial charge in [0.05, 0.1) is 0 Å². The van der Waals surface area contributed by atoms with Gasteiger partial charge in [-0.2, -0.15) is 0 Å². The zero-order valence-corrected chi connectivity index (χ0v) is 12.4. The molecule has 1 saturated heterocycles. The van der Waals surface area contributed by atoms with Crippen molar-refractivity contribution < 1.29 is 0 Å². The first kappa shape index (κ1) is 13.4. The lowest BCUT2D eigenvalue weighted by Crippen LogP contribution is -2.30. The minimum absolute atomic E-state index is 0.615. The molecule has 0 N–H and O–H groups in total. The Morgan fingerprint density at radius 3 is 2.61 bits per heavy atom. The van der Waals surface area contributed by atoms with E-state index in [1.807, 2.05) is 0 Å². The van der Waals surface area contributed by atoms with Crippen LogP contribution in [0, 0.1) is 6.92 Å². The molecule has 1 aromatic rings. The number of hydrogen-bond donors (Lipinski definition) is 0. The highest BCUT2D eigenvalue weighted by atomic mass is 15.2. The van der Waals surface area contributed by atoms with Gasteiger partial charge in [0.2, 0.25) is 0 Å². The summed E-state index contributed by atoms with van der Waals surface area (Å²) in [5, 5.41) is 0. The maximum atomic E-state index is 2.63. The molecule has 18 heavy (non-hydrogen) atoms. The van der Waals surface area contributed by atoms with E-state index >= 15 is 0 Å². The number of hydrogen-bond acceptors (Lipinski definition) is 2. The molecule has 1 aliphatic rings. The summed E-state index contributed by atoms with van der Waals surface area (Å²) in [6.45, 7) is 8.04. The summed E-state index contributed by atoms with van der Waals surface area (Å²) in [5.74, 6) is 0. The normalized spacial score (nSPS) is 20.7. The summed E-state index contributed by atoms with van der Waals surface area (Å²) >= 11 is 0. The molecule has 1 fully saturated rings. The SMILES string of the molecule is Cc1ccc(C2CCCN2C(C)C)cc1N(C)C. The van der Waals surface area contributed by atoms with Gasteiger partial charge < -0.3 is 4.90 Å². The Hall–Kier alpha value is -1.02. The molecule has 0 amide bonds. The lowest BCUT2D eigenvalue weighted by atomic mass is 10.0. The summed E-state index contributed by atoms with van der Waals surface area (Å²) in [6.07, 6.45) is 2.63. The molecule has 0 saturated carbocycles. The van der Waals surface area contributed by atoms with E-state index in [-0.39, 0.29) is 0 Å². The van der Waals surface area contributed by atoms with E-state index in [2.05, 4.69) is 62.9 Å². The first-order chi connectivity index (χ1) is 8.50. The van der Waals surface area contributed by atoms with Crippen LogP contribution in [0.3, 0.4) is 0 Å². The molecule has 2 heteroatoms. The second-order valence-corrected chi connectivity index (χ2v) is 5.93. The van der Waals surface area contributed by atoms with E-state index in [0.717, 1.165) is 0 Å². The highest BCUT2D eigenvalue weighted by Gasteiger charge is 2.28. The smallest absolute Gasteiger partial charge is 0.0394 e. The average Bonchev–Trinajstić information content (AvgIpc) is 2.78. The van der Waals surface area contributed by atoms with Crippen molar-refractivity contribution in [2.45, 2.75) is 45.7 Å². The van der Waals surface area contributed by atoms with Gasteiger partial charge in [-0.3, -0.25) is 4.90 Å². The Bertz CT molecular complexity index is 410. The fraction of sp³-hybridized carbons (Fsp3) is 0.625. The molecule has 1 aromatic carbocycles. The van der Waals surface area contributed by atoms with E-state index in [1.54, 1.807) is 0 Å². The Kier molecular flexibility index (Phi) is 3.96. The molecule has 0 radical (unpaired) electrons. The first-order valence-corrected chi connectivity index (χ1v) is 7.04. The van der Waals surface area contributed by atoms with E-state index in [9.17, 15) is 0 Å². The third-order valence-electron chi connectivity index (χ3n) is 4.06. The molecule has 2 rings (SSSR count). The van der Waals surface area contributed by atoms with Crippen LogP contribution in [0.5, 0.6) is 0 Å². The molecule has 0 aliphatic carbocycles. The van der Waals surface area contributed by atoms with E-state index in [4.69, 9.17) is 0 Å². The lowest BCUT2D eigenvalue weighted by Gasteiger charge is -2.29. The monoisotopic (exact) mass is 246 g/mol. The van der Waals surface area contributed by atoms with Gasteiger partial charge in [-0.25, -0.2) is 0 Å². The van der Waals surface area contributed by atoms with Crippen molar-refractivity contribution in [3.05, 3.63) is 29.3 Å². The fourth-order valence-electron chi connectivity index (χ4n) is 3.08. The summed E-state index contributed by atoms with van der Waals surface area (Å²) in [4.78, 5) is 4.84. The maximum Gasteiger partial charge on any atom is 0.0394 e. The van der Waals surface area contributed by atoms with E-state index in [0.29, 0.717) is 12.1 Å². The minimum atomic E-state index is 0.615. The van der Waals surface area contributed by atoms with Crippen molar-refractivity contribution in [3.8, 4) is 0 Å². The van der Waals surface area contributed by atoms with E-state index < -0.39 is 0 Å². The van der Waals surface area contributed by atoms with Crippen molar-refractivity contribution in [2.75, 3.05) is 25.5 Å². The van der Waals surface area contributed by atoms with Crippen molar-refractivity contribution in [1.82, 2.24) is 4.90 Å². The van der Waals surface area contributed by atoms with Gasteiger partial charge >= 0.3 is 0 Å². The van der Waals surface area contributed by atoms with Gasteiger partial charge in [0.1, 0.15) is 0 Å². The number of nitrogens with zero attached hydrogens (tertiary/aromatic N) is 2. The summed E-state index contributed by atoms with van der Waals surface area (Å²) < 4.78 is 0. The Labute approximate surface area is 112 Å². The number of benzene rings is 1. The topological polar surface area (TPSA) is 6.48 Å². The van der Waals surface area contributed by atoms with Crippen molar-refractivity contribution in [3.63, 3.8) is 0 Å². The van der Waals surface area contributed by atoms with Crippen molar-refractivity contribution in [2.24, 2.45) is 0 Å². The second-order valence-electron chi connectivity index (χ2n) is 5.93.